The number of hydrogen-bond acceptors (Lipinski definition) is 3. The average Bonchev–Trinajstić information content (AvgIpc) is 3.07. The van der Waals surface area contributed by atoms with Crippen LogP contribution in [0.3, 0.4) is 0 Å². The van der Waals surface area contributed by atoms with Crippen LogP contribution in [0.2, 0.25) is 0 Å². The van der Waals surface area contributed by atoms with E-state index in [1.807, 2.05) is 36.4 Å². The van der Waals surface area contributed by atoms with E-state index in [1.165, 1.54) is 0 Å². The molecule has 0 saturated heterocycles. The lowest BCUT2D eigenvalue weighted by molar-refractivity contribution is 0.670. The van der Waals surface area contributed by atoms with Crippen LogP contribution in [-0.4, -0.2) is 9.97 Å². The summed E-state index contributed by atoms with van der Waals surface area (Å²) in [6.45, 7) is 0. The van der Waals surface area contributed by atoms with Crippen molar-refractivity contribution in [1.29, 1.82) is 0 Å². The molecule has 0 N–H and O–H groups in total. The van der Waals surface area contributed by atoms with Crippen LogP contribution >= 0.6 is 0 Å². The number of furan rings is 1. The molecule has 5 aromatic rings. The Bertz CT molecular complexity index is 1190. The molecule has 0 spiro atoms. The molecule has 5 rings (SSSR count). The maximum Gasteiger partial charge on any atom is 0.159 e. The number of aromatic nitrogens is 2. The second-order valence-corrected chi connectivity index (χ2v) is 5.93. The van der Waals surface area contributed by atoms with Gasteiger partial charge in [0.1, 0.15) is 11.2 Å². The minimum absolute atomic E-state index is 0.723. The standard InChI is InChI=1S/C22H14N2O/c1-2-11-20-18(8-1)19-10-4-9-17(21(19)25-20)15-6-3-7-16(14-15)22-23-12-5-13-24-22/h1-14H. The minimum atomic E-state index is 0.723. The third-order valence-electron chi connectivity index (χ3n) is 4.40. The lowest BCUT2D eigenvalue weighted by atomic mass is 10.0. The summed E-state index contributed by atoms with van der Waals surface area (Å²) in [6, 6.07) is 24.5. The molecule has 3 heteroatoms. The molecule has 3 nitrogen and oxygen atoms in total. The fourth-order valence-corrected chi connectivity index (χ4v) is 3.25. The van der Waals surface area contributed by atoms with Gasteiger partial charge in [-0.15, -0.1) is 0 Å². The van der Waals surface area contributed by atoms with E-state index < -0.39 is 0 Å². The van der Waals surface area contributed by atoms with Crippen molar-refractivity contribution in [3.05, 3.63) is 85.2 Å². The number of nitrogens with zero attached hydrogens (tertiary/aromatic N) is 2. The van der Waals surface area contributed by atoms with Gasteiger partial charge in [0.2, 0.25) is 0 Å². The van der Waals surface area contributed by atoms with E-state index in [-0.39, 0.29) is 0 Å². The zero-order valence-electron chi connectivity index (χ0n) is 13.4. The van der Waals surface area contributed by atoms with Crippen molar-refractivity contribution < 1.29 is 4.42 Å². The Morgan fingerprint density at radius 1 is 0.640 bits per heavy atom. The Labute approximate surface area is 144 Å². The summed E-state index contributed by atoms with van der Waals surface area (Å²) in [5.74, 6) is 0.723. The number of hydrogen-bond donors (Lipinski definition) is 0. The van der Waals surface area contributed by atoms with Crippen LogP contribution in [0.15, 0.2) is 89.6 Å². The molecule has 118 valence electrons. The highest BCUT2D eigenvalue weighted by atomic mass is 16.3. The summed E-state index contributed by atoms with van der Waals surface area (Å²) in [6.07, 6.45) is 3.52. The van der Waals surface area contributed by atoms with Crippen LogP contribution in [0.5, 0.6) is 0 Å². The van der Waals surface area contributed by atoms with E-state index in [9.17, 15) is 0 Å². The fourth-order valence-electron chi connectivity index (χ4n) is 3.25. The molecule has 0 fully saturated rings. The second kappa shape index (κ2) is 5.56. The maximum absolute atomic E-state index is 6.15. The van der Waals surface area contributed by atoms with Crippen molar-refractivity contribution in [3.8, 4) is 22.5 Å². The number of benzene rings is 3. The molecule has 0 amide bonds. The molecule has 3 aromatic carbocycles. The van der Waals surface area contributed by atoms with Crippen LogP contribution in [0, 0.1) is 0 Å². The van der Waals surface area contributed by atoms with Crippen LogP contribution in [0.1, 0.15) is 0 Å². The van der Waals surface area contributed by atoms with Gasteiger partial charge in [0, 0.05) is 34.3 Å². The molecule has 0 radical (unpaired) electrons. The van der Waals surface area contributed by atoms with Gasteiger partial charge in [0.05, 0.1) is 0 Å². The van der Waals surface area contributed by atoms with Gasteiger partial charge in [-0.1, -0.05) is 54.6 Å². The average molecular weight is 322 g/mol. The van der Waals surface area contributed by atoms with E-state index in [0.29, 0.717) is 0 Å². The first kappa shape index (κ1) is 13.9. The first-order chi connectivity index (χ1) is 12.4. The van der Waals surface area contributed by atoms with Gasteiger partial charge in [-0.2, -0.15) is 0 Å². The predicted molar refractivity (Wildman–Crippen MR) is 100 cm³/mol. The minimum Gasteiger partial charge on any atom is -0.455 e. The molecule has 0 unspecified atom stereocenters. The molecule has 0 aliphatic carbocycles. The Morgan fingerprint density at radius 2 is 1.40 bits per heavy atom. The summed E-state index contributed by atoms with van der Waals surface area (Å²) in [7, 11) is 0. The molecule has 2 aromatic heterocycles. The van der Waals surface area contributed by atoms with Gasteiger partial charge < -0.3 is 4.42 Å². The second-order valence-electron chi connectivity index (χ2n) is 5.93. The van der Waals surface area contributed by atoms with Gasteiger partial charge in [0.25, 0.3) is 0 Å². The quantitative estimate of drug-likeness (QED) is 0.418. The van der Waals surface area contributed by atoms with Gasteiger partial charge in [-0.3, -0.25) is 0 Å². The smallest absolute Gasteiger partial charge is 0.159 e. The van der Waals surface area contributed by atoms with Crippen molar-refractivity contribution >= 4 is 21.9 Å². The predicted octanol–water partition coefficient (Wildman–Crippen LogP) is 5.71. The summed E-state index contributed by atoms with van der Waals surface area (Å²) in [4.78, 5) is 8.69. The molecule has 0 aliphatic rings. The number of fused-ring (bicyclic) bond motifs is 3. The topological polar surface area (TPSA) is 38.9 Å². The van der Waals surface area contributed by atoms with E-state index in [0.717, 1.165) is 44.5 Å². The molecular formula is C22H14N2O. The normalized spacial score (nSPS) is 11.2. The summed E-state index contributed by atoms with van der Waals surface area (Å²) >= 11 is 0. The SMILES string of the molecule is c1cnc(-c2cccc(-c3cccc4c3oc3ccccc34)c2)nc1. The third-order valence-corrected chi connectivity index (χ3v) is 4.40. The highest BCUT2D eigenvalue weighted by molar-refractivity contribution is 6.09. The first-order valence-corrected chi connectivity index (χ1v) is 8.18. The first-order valence-electron chi connectivity index (χ1n) is 8.18. The lowest BCUT2D eigenvalue weighted by Crippen LogP contribution is -1.87. The Balaban J connectivity index is 1.74. The summed E-state index contributed by atoms with van der Waals surface area (Å²) < 4.78 is 6.15. The van der Waals surface area contributed by atoms with Crippen molar-refractivity contribution in [3.63, 3.8) is 0 Å². The van der Waals surface area contributed by atoms with Crippen LogP contribution in [0.4, 0.5) is 0 Å². The molecule has 0 bridgehead atoms. The Hall–Kier alpha value is -3.46. The van der Waals surface area contributed by atoms with Gasteiger partial charge in [-0.25, -0.2) is 9.97 Å². The molecule has 0 saturated carbocycles. The van der Waals surface area contributed by atoms with Crippen molar-refractivity contribution in [2.24, 2.45) is 0 Å². The zero-order chi connectivity index (χ0) is 16.6. The summed E-state index contributed by atoms with van der Waals surface area (Å²) in [5.41, 5.74) is 4.98. The fraction of sp³-hybridized carbons (Fsp3) is 0. The number of rotatable bonds is 2. The highest BCUT2D eigenvalue weighted by Crippen LogP contribution is 2.36. The molecule has 0 atom stereocenters. The Morgan fingerprint density at radius 3 is 2.32 bits per heavy atom. The molecule has 0 aliphatic heterocycles. The molecule has 25 heavy (non-hydrogen) atoms. The highest BCUT2D eigenvalue weighted by Gasteiger charge is 2.12. The van der Waals surface area contributed by atoms with E-state index >= 15 is 0 Å². The molecule has 2 heterocycles. The Kier molecular flexibility index (Phi) is 3.10. The van der Waals surface area contributed by atoms with Gasteiger partial charge in [0.15, 0.2) is 5.82 Å². The molecular weight excluding hydrogens is 308 g/mol. The van der Waals surface area contributed by atoms with Crippen molar-refractivity contribution in [2.75, 3.05) is 0 Å². The van der Waals surface area contributed by atoms with Crippen molar-refractivity contribution in [1.82, 2.24) is 9.97 Å². The van der Waals surface area contributed by atoms with Crippen molar-refractivity contribution in [2.45, 2.75) is 0 Å². The van der Waals surface area contributed by atoms with Crippen LogP contribution in [-0.2, 0) is 0 Å². The zero-order valence-corrected chi connectivity index (χ0v) is 13.4. The van der Waals surface area contributed by atoms with Crippen LogP contribution in [0.25, 0.3) is 44.5 Å². The van der Waals surface area contributed by atoms with E-state index in [2.05, 4.69) is 46.4 Å². The third kappa shape index (κ3) is 2.29. The number of para-hydroxylation sites is 2. The van der Waals surface area contributed by atoms with Gasteiger partial charge in [-0.05, 0) is 23.8 Å². The van der Waals surface area contributed by atoms with Gasteiger partial charge >= 0.3 is 0 Å². The monoisotopic (exact) mass is 322 g/mol. The van der Waals surface area contributed by atoms with Crippen LogP contribution < -0.4 is 0 Å². The largest absolute Gasteiger partial charge is 0.455 e. The lowest BCUT2D eigenvalue weighted by Gasteiger charge is -2.05. The maximum atomic E-state index is 6.15. The van der Waals surface area contributed by atoms with E-state index in [1.54, 1.807) is 12.4 Å². The van der Waals surface area contributed by atoms with E-state index in [4.69, 9.17) is 4.42 Å². The summed E-state index contributed by atoms with van der Waals surface area (Å²) in [5, 5.41) is 2.27.